The highest BCUT2D eigenvalue weighted by Gasteiger charge is 2.30. The van der Waals surface area contributed by atoms with Crippen molar-refractivity contribution in [1.29, 1.82) is 0 Å². The van der Waals surface area contributed by atoms with E-state index < -0.39 is 23.9 Å². The lowest BCUT2D eigenvalue weighted by Crippen LogP contribution is -2.31. The Bertz CT molecular complexity index is 875. The molecule has 2 rings (SSSR count). The van der Waals surface area contributed by atoms with Crippen molar-refractivity contribution in [3.05, 3.63) is 41.0 Å². The van der Waals surface area contributed by atoms with E-state index in [0.29, 0.717) is 16.7 Å². The SMILES string of the molecule is CCOC(=O)c1c2ccc(CC(=O)NOCC(O)COC)ccc-2c(C(=O)OCC)c1N. The van der Waals surface area contributed by atoms with Gasteiger partial charge in [-0.3, -0.25) is 9.63 Å². The van der Waals surface area contributed by atoms with Gasteiger partial charge in [0.05, 0.1) is 43.1 Å². The maximum atomic E-state index is 12.5. The Balaban J connectivity index is 2.30. The number of nitrogens with two attached hydrogens (primary N) is 1. The van der Waals surface area contributed by atoms with Gasteiger partial charge in [0, 0.05) is 7.11 Å². The summed E-state index contributed by atoms with van der Waals surface area (Å²) in [5.74, 6) is -1.76. The predicted octanol–water partition coefficient (Wildman–Crippen LogP) is 1.32. The highest BCUT2D eigenvalue weighted by molar-refractivity contribution is 6.15. The van der Waals surface area contributed by atoms with Crippen molar-refractivity contribution in [1.82, 2.24) is 5.48 Å². The summed E-state index contributed by atoms with van der Waals surface area (Å²) in [5.41, 5.74) is 9.92. The van der Waals surface area contributed by atoms with Gasteiger partial charge in [-0.25, -0.2) is 15.1 Å². The molecule has 0 aromatic heterocycles. The van der Waals surface area contributed by atoms with Crippen LogP contribution in [0.15, 0.2) is 24.3 Å². The lowest BCUT2D eigenvalue weighted by Gasteiger charge is -2.10. The number of hydrogen-bond donors (Lipinski definition) is 3. The van der Waals surface area contributed by atoms with Crippen LogP contribution in [0.1, 0.15) is 40.1 Å². The van der Waals surface area contributed by atoms with Crippen molar-refractivity contribution in [2.75, 3.05) is 39.3 Å². The minimum Gasteiger partial charge on any atom is -0.462 e. The standard InChI is InChI=1S/C22H28N2O8/c1-4-30-21(27)18-15-8-6-13(10-17(26)24-32-12-14(25)11-29-3)7-9-16(15)19(20(18)23)22(28)31-5-2/h6-9,14,25H,4-5,10-12,23H2,1-3H3,(H,24,26). The molecule has 1 unspecified atom stereocenters. The molecule has 0 aromatic carbocycles. The zero-order valence-electron chi connectivity index (χ0n) is 18.3. The molecule has 4 N–H and O–H groups in total. The van der Waals surface area contributed by atoms with Gasteiger partial charge in [-0.1, -0.05) is 24.3 Å². The number of nitrogens with one attached hydrogen (secondary N) is 1. The molecule has 0 fully saturated rings. The van der Waals surface area contributed by atoms with Gasteiger partial charge in [0.15, 0.2) is 0 Å². The van der Waals surface area contributed by atoms with E-state index in [1.807, 2.05) is 0 Å². The molecule has 2 aliphatic carbocycles. The van der Waals surface area contributed by atoms with Crippen molar-refractivity contribution >= 4 is 23.5 Å². The van der Waals surface area contributed by atoms with Crippen LogP contribution in [0, 0.1) is 0 Å². The molecule has 1 amide bonds. The van der Waals surface area contributed by atoms with Crippen LogP contribution in [0.4, 0.5) is 5.69 Å². The van der Waals surface area contributed by atoms with Crippen molar-refractivity contribution in [2.45, 2.75) is 26.4 Å². The van der Waals surface area contributed by atoms with Gasteiger partial charge in [-0.05, 0) is 30.5 Å². The second kappa shape index (κ2) is 12.0. The van der Waals surface area contributed by atoms with Gasteiger partial charge in [-0.15, -0.1) is 0 Å². The summed E-state index contributed by atoms with van der Waals surface area (Å²) in [5, 5.41) is 9.52. The largest absolute Gasteiger partial charge is 0.462 e. The molecule has 0 bridgehead atoms. The number of methoxy groups -OCH3 is 1. The molecule has 0 heterocycles. The second-order valence-electron chi connectivity index (χ2n) is 6.80. The van der Waals surface area contributed by atoms with Crippen LogP contribution < -0.4 is 11.2 Å². The van der Waals surface area contributed by atoms with E-state index in [1.54, 1.807) is 38.1 Å². The maximum Gasteiger partial charge on any atom is 0.340 e. The zero-order valence-corrected chi connectivity index (χ0v) is 18.3. The number of hydroxylamine groups is 1. The number of fused-ring (bicyclic) bond motifs is 1. The Kier molecular flexibility index (Phi) is 9.39. The van der Waals surface area contributed by atoms with Crippen LogP contribution in [0.2, 0.25) is 0 Å². The molecule has 10 nitrogen and oxygen atoms in total. The first-order chi connectivity index (χ1) is 15.3. The normalized spacial score (nSPS) is 11.8. The Morgan fingerprint density at radius 1 is 0.969 bits per heavy atom. The van der Waals surface area contributed by atoms with Gasteiger partial charge in [-0.2, -0.15) is 0 Å². The van der Waals surface area contributed by atoms with Gasteiger partial charge in [0.2, 0.25) is 5.91 Å². The number of amides is 1. The average molecular weight is 448 g/mol. The molecular formula is C22H28N2O8. The number of carbonyl (C=O) groups is 3. The monoisotopic (exact) mass is 448 g/mol. The molecule has 0 saturated heterocycles. The molecule has 0 aliphatic heterocycles. The van der Waals surface area contributed by atoms with E-state index in [1.165, 1.54) is 7.11 Å². The lowest BCUT2D eigenvalue weighted by molar-refractivity contribution is -0.136. The third-order valence-corrected chi connectivity index (χ3v) is 4.44. The smallest absolute Gasteiger partial charge is 0.340 e. The fourth-order valence-electron chi connectivity index (χ4n) is 3.11. The van der Waals surface area contributed by atoms with Gasteiger partial charge in [0.25, 0.3) is 0 Å². The fourth-order valence-corrected chi connectivity index (χ4v) is 3.11. The van der Waals surface area contributed by atoms with Crippen LogP contribution in [0.3, 0.4) is 0 Å². The summed E-state index contributed by atoms with van der Waals surface area (Å²) in [6.07, 6.45) is -0.912. The average Bonchev–Trinajstić information content (AvgIpc) is 2.87. The summed E-state index contributed by atoms with van der Waals surface area (Å²) in [6, 6.07) is 6.48. The Morgan fingerprint density at radius 2 is 1.50 bits per heavy atom. The molecule has 10 heteroatoms. The predicted molar refractivity (Wildman–Crippen MR) is 115 cm³/mol. The minimum atomic E-state index is -0.867. The molecule has 0 radical (unpaired) electrons. The van der Waals surface area contributed by atoms with Crippen molar-refractivity contribution < 1.29 is 38.5 Å². The minimum absolute atomic E-state index is 0.00888. The highest BCUT2D eigenvalue weighted by Crippen LogP contribution is 2.39. The number of hydrogen-bond acceptors (Lipinski definition) is 9. The molecule has 0 spiro atoms. The zero-order chi connectivity index (χ0) is 23.7. The van der Waals surface area contributed by atoms with Gasteiger partial charge >= 0.3 is 11.9 Å². The third kappa shape index (κ3) is 6.16. The maximum absolute atomic E-state index is 12.5. The second-order valence-corrected chi connectivity index (χ2v) is 6.80. The first-order valence-corrected chi connectivity index (χ1v) is 10.1. The van der Waals surface area contributed by atoms with E-state index >= 15 is 0 Å². The quantitative estimate of drug-likeness (QED) is 0.342. The van der Waals surface area contributed by atoms with E-state index in [-0.39, 0.29) is 49.7 Å². The third-order valence-electron chi connectivity index (χ3n) is 4.44. The summed E-state index contributed by atoms with van der Waals surface area (Å²) >= 11 is 0. The summed E-state index contributed by atoms with van der Waals surface area (Å²) < 4.78 is 15.0. The molecule has 0 saturated carbocycles. The molecule has 1 atom stereocenters. The number of ether oxygens (including phenoxy) is 3. The summed E-state index contributed by atoms with van der Waals surface area (Å²) in [4.78, 5) is 42.1. The Labute approximate surface area is 185 Å². The van der Waals surface area contributed by atoms with Crippen molar-refractivity contribution in [3.63, 3.8) is 0 Å². The Hall–Kier alpha value is -3.21. The topological polar surface area (TPSA) is 146 Å². The number of nitrogen functional groups attached to an aromatic ring is 1. The summed E-state index contributed by atoms with van der Waals surface area (Å²) in [7, 11) is 1.44. The van der Waals surface area contributed by atoms with Gasteiger partial charge in [0.1, 0.15) is 12.7 Å². The number of aliphatic hydroxyl groups excluding tert-OH is 1. The molecule has 174 valence electrons. The van der Waals surface area contributed by atoms with Crippen molar-refractivity contribution in [2.24, 2.45) is 0 Å². The number of anilines is 1. The van der Waals surface area contributed by atoms with E-state index in [0.717, 1.165) is 0 Å². The van der Waals surface area contributed by atoms with E-state index in [2.05, 4.69) is 5.48 Å². The lowest BCUT2D eigenvalue weighted by atomic mass is 10.1. The molecule has 0 aromatic rings. The van der Waals surface area contributed by atoms with Gasteiger partial charge < -0.3 is 25.1 Å². The number of carbonyl (C=O) groups excluding carboxylic acids is 3. The first-order valence-electron chi connectivity index (χ1n) is 10.1. The summed E-state index contributed by atoms with van der Waals surface area (Å²) in [6.45, 7) is 3.57. The van der Waals surface area contributed by atoms with E-state index in [4.69, 9.17) is 24.8 Å². The molecular weight excluding hydrogens is 420 g/mol. The number of esters is 2. The van der Waals surface area contributed by atoms with Crippen molar-refractivity contribution in [3.8, 4) is 11.1 Å². The number of rotatable bonds is 11. The first kappa shape index (κ1) is 25.1. The van der Waals surface area contributed by atoms with E-state index in [9.17, 15) is 19.5 Å². The van der Waals surface area contributed by atoms with Crippen LogP contribution >= 0.6 is 0 Å². The number of aliphatic hydroxyl groups is 1. The molecule has 2 aliphatic rings. The molecule has 32 heavy (non-hydrogen) atoms. The van der Waals surface area contributed by atoms with Crippen LogP contribution in [-0.2, 0) is 30.3 Å². The fraction of sp³-hybridized carbons (Fsp3) is 0.409. The highest BCUT2D eigenvalue weighted by atomic mass is 16.7. The van der Waals surface area contributed by atoms with Crippen LogP contribution in [-0.4, -0.2) is 62.6 Å². The van der Waals surface area contributed by atoms with Crippen LogP contribution in [0.25, 0.3) is 11.1 Å². The Morgan fingerprint density at radius 3 is 1.97 bits per heavy atom. The van der Waals surface area contributed by atoms with Crippen LogP contribution in [0.5, 0.6) is 0 Å².